The highest BCUT2D eigenvalue weighted by atomic mass is 16.5. The Bertz CT molecular complexity index is 219. The molecule has 0 radical (unpaired) electrons. The van der Waals surface area contributed by atoms with Crippen LogP contribution in [0.15, 0.2) is 0 Å². The normalized spacial score (nSPS) is 30.2. The summed E-state index contributed by atoms with van der Waals surface area (Å²) in [5, 5.41) is 0. The topological polar surface area (TPSA) is 47.7 Å². The number of hydrogen-bond acceptors (Lipinski definition) is 4. The van der Waals surface area contributed by atoms with Crippen LogP contribution in [-0.4, -0.2) is 56.0 Å². The highest BCUT2D eigenvalue weighted by Crippen LogP contribution is 2.27. The minimum atomic E-state index is -0.0343. The van der Waals surface area contributed by atoms with Crippen molar-refractivity contribution in [1.82, 2.24) is 4.90 Å². The van der Waals surface area contributed by atoms with Crippen molar-refractivity contribution >= 4 is 0 Å². The van der Waals surface area contributed by atoms with E-state index < -0.39 is 0 Å². The zero-order chi connectivity index (χ0) is 12.9. The number of ether oxygens (including phenoxy) is 2. The van der Waals surface area contributed by atoms with Crippen molar-refractivity contribution in [3.05, 3.63) is 0 Å². The summed E-state index contributed by atoms with van der Waals surface area (Å²) in [7, 11) is 1.75. The lowest BCUT2D eigenvalue weighted by molar-refractivity contribution is -0.115. The third-order valence-corrected chi connectivity index (χ3v) is 4.00. The third kappa shape index (κ3) is 3.19. The van der Waals surface area contributed by atoms with Gasteiger partial charge in [0, 0.05) is 26.2 Å². The van der Waals surface area contributed by atoms with Gasteiger partial charge in [0.25, 0.3) is 0 Å². The molecule has 1 aliphatic heterocycles. The van der Waals surface area contributed by atoms with Crippen molar-refractivity contribution in [1.29, 1.82) is 0 Å². The maximum atomic E-state index is 6.04. The number of nitrogens with two attached hydrogens (primary N) is 1. The number of rotatable bonds is 6. The van der Waals surface area contributed by atoms with Crippen LogP contribution >= 0.6 is 0 Å². The summed E-state index contributed by atoms with van der Waals surface area (Å²) in [6, 6.07) is 0.463. The third-order valence-electron chi connectivity index (χ3n) is 4.00. The Balaban J connectivity index is 2.88. The second-order valence-electron chi connectivity index (χ2n) is 5.07. The lowest BCUT2D eigenvalue weighted by atomic mass is 9.91. The summed E-state index contributed by atoms with van der Waals surface area (Å²) < 4.78 is 11.2. The Labute approximate surface area is 105 Å². The van der Waals surface area contributed by atoms with E-state index in [1.807, 2.05) is 0 Å². The van der Waals surface area contributed by atoms with Gasteiger partial charge in [-0.25, -0.2) is 0 Å². The van der Waals surface area contributed by atoms with Crippen molar-refractivity contribution in [3.63, 3.8) is 0 Å². The summed E-state index contributed by atoms with van der Waals surface area (Å²) in [6.07, 6.45) is 2.39. The van der Waals surface area contributed by atoms with E-state index in [2.05, 4.69) is 25.7 Å². The number of nitrogens with zero attached hydrogens (tertiary/aromatic N) is 1. The first-order valence-electron chi connectivity index (χ1n) is 6.70. The van der Waals surface area contributed by atoms with Gasteiger partial charge in [-0.1, -0.05) is 13.8 Å². The summed E-state index contributed by atoms with van der Waals surface area (Å²) >= 11 is 0. The summed E-state index contributed by atoms with van der Waals surface area (Å²) in [4.78, 5) is 2.52. The standard InChI is InChI=1S/C13H28N2O2/c1-5-12-8-17-11(3)7-15(12)13(6-2,9-14)10-16-4/h11-12H,5-10,14H2,1-4H3. The van der Waals surface area contributed by atoms with E-state index in [0.29, 0.717) is 19.2 Å². The molecule has 2 N–H and O–H groups in total. The van der Waals surface area contributed by atoms with E-state index in [0.717, 1.165) is 26.0 Å². The molecule has 0 aromatic heterocycles. The number of morpholine rings is 1. The van der Waals surface area contributed by atoms with Gasteiger partial charge in [-0.2, -0.15) is 0 Å². The van der Waals surface area contributed by atoms with Gasteiger partial charge in [0.1, 0.15) is 0 Å². The molecule has 0 amide bonds. The van der Waals surface area contributed by atoms with Crippen LogP contribution in [0.1, 0.15) is 33.6 Å². The van der Waals surface area contributed by atoms with E-state index in [-0.39, 0.29) is 11.6 Å². The van der Waals surface area contributed by atoms with Crippen LogP contribution in [0.2, 0.25) is 0 Å². The molecule has 3 unspecified atom stereocenters. The first-order chi connectivity index (χ1) is 8.13. The fourth-order valence-electron chi connectivity index (χ4n) is 2.74. The van der Waals surface area contributed by atoms with Gasteiger partial charge < -0.3 is 15.2 Å². The predicted molar refractivity (Wildman–Crippen MR) is 70.2 cm³/mol. The quantitative estimate of drug-likeness (QED) is 0.763. The van der Waals surface area contributed by atoms with Gasteiger partial charge in [0.15, 0.2) is 0 Å². The Morgan fingerprint density at radius 3 is 2.65 bits per heavy atom. The molecule has 4 heteroatoms. The average Bonchev–Trinajstić information content (AvgIpc) is 2.36. The van der Waals surface area contributed by atoms with E-state index in [1.54, 1.807) is 7.11 Å². The van der Waals surface area contributed by atoms with Crippen LogP contribution in [0.5, 0.6) is 0 Å². The van der Waals surface area contributed by atoms with Gasteiger partial charge in [-0.05, 0) is 19.8 Å². The molecular formula is C13H28N2O2. The zero-order valence-electron chi connectivity index (χ0n) is 11.7. The molecule has 0 spiro atoms. The largest absolute Gasteiger partial charge is 0.383 e. The molecule has 1 saturated heterocycles. The lowest BCUT2D eigenvalue weighted by Crippen LogP contribution is -2.64. The van der Waals surface area contributed by atoms with Crippen molar-refractivity contribution < 1.29 is 9.47 Å². The molecule has 1 fully saturated rings. The Morgan fingerprint density at radius 2 is 2.18 bits per heavy atom. The molecule has 0 aliphatic carbocycles. The second-order valence-corrected chi connectivity index (χ2v) is 5.07. The molecule has 17 heavy (non-hydrogen) atoms. The average molecular weight is 244 g/mol. The van der Waals surface area contributed by atoms with Crippen LogP contribution in [0, 0.1) is 0 Å². The maximum Gasteiger partial charge on any atom is 0.0675 e. The molecule has 0 saturated carbocycles. The Kier molecular flexibility index (Phi) is 5.86. The van der Waals surface area contributed by atoms with E-state index in [1.165, 1.54) is 0 Å². The molecule has 3 atom stereocenters. The van der Waals surface area contributed by atoms with Crippen LogP contribution in [0.3, 0.4) is 0 Å². The minimum absolute atomic E-state index is 0.0343. The summed E-state index contributed by atoms with van der Waals surface area (Å²) in [5.74, 6) is 0. The van der Waals surface area contributed by atoms with Crippen molar-refractivity contribution in [2.45, 2.75) is 51.3 Å². The molecule has 0 aromatic carbocycles. The van der Waals surface area contributed by atoms with E-state index in [4.69, 9.17) is 15.2 Å². The molecule has 1 heterocycles. The first-order valence-corrected chi connectivity index (χ1v) is 6.70. The highest BCUT2D eigenvalue weighted by Gasteiger charge is 2.40. The SMILES string of the molecule is CCC1COC(C)CN1C(CC)(CN)COC. The fourth-order valence-corrected chi connectivity index (χ4v) is 2.74. The molecule has 1 aliphatic rings. The first kappa shape index (κ1) is 14.9. The fraction of sp³-hybridized carbons (Fsp3) is 1.00. The molecular weight excluding hydrogens is 216 g/mol. The maximum absolute atomic E-state index is 6.04. The van der Waals surface area contributed by atoms with Crippen molar-refractivity contribution in [3.8, 4) is 0 Å². The lowest BCUT2D eigenvalue weighted by Gasteiger charge is -2.50. The van der Waals surface area contributed by atoms with Crippen LogP contribution < -0.4 is 5.73 Å². The molecule has 0 bridgehead atoms. The van der Waals surface area contributed by atoms with Crippen LogP contribution in [0.25, 0.3) is 0 Å². The van der Waals surface area contributed by atoms with Crippen molar-refractivity contribution in [2.24, 2.45) is 5.73 Å². The Morgan fingerprint density at radius 1 is 1.47 bits per heavy atom. The van der Waals surface area contributed by atoms with Crippen LogP contribution in [0.4, 0.5) is 0 Å². The van der Waals surface area contributed by atoms with Gasteiger partial charge >= 0.3 is 0 Å². The van der Waals surface area contributed by atoms with Gasteiger partial charge in [0.2, 0.25) is 0 Å². The monoisotopic (exact) mass is 244 g/mol. The summed E-state index contributed by atoms with van der Waals surface area (Å²) in [6.45, 7) is 9.63. The second kappa shape index (κ2) is 6.69. The molecule has 1 rings (SSSR count). The molecule has 102 valence electrons. The van der Waals surface area contributed by atoms with Crippen molar-refractivity contribution in [2.75, 3.05) is 33.4 Å². The molecule has 0 aromatic rings. The minimum Gasteiger partial charge on any atom is -0.383 e. The molecule has 4 nitrogen and oxygen atoms in total. The predicted octanol–water partition coefficient (Wildman–Crippen LogP) is 1.24. The Hall–Kier alpha value is -0.160. The highest BCUT2D eigenvalue weighted by molar-refractivity contribution is 4.96. The van der Waals surface area contributed by atoms with Gasteiger partial charge in [-0.15, -0.1) is 0 Å². The van der Waals surface area contributed by atoms with E-state index in [9.17, 15) is 0 Å². The number of methoxy groups -OCH3 is 1. The summed E-state index contributed by atoms with van der Waals surface area (Å²) in [5.41, 5.74) is 6.00. The zero-order valence-corrected chi connectivity index (χ0v) is 11.7. The van der Waals surface area contributed by atoms with Gasteiger partial charge in [-0.3, -0.25) is 4.90 Å². The number of hydrogen-bond donors (Lipinski definition) is 1. The van der Waals surface area contributed by atoms with Crippen LogP contribution in [-0.2, 0) is 9.47 Å². The smallest absolute Gasteiger partial charge is 0.0675 e. The van der Waals surface area contributed by atoms with E-state index >= 15 is 0 Å². The van der Waals surface area contributed by atoms with Gasteiger partial charge in [0.05, 0.1) is 24.9 Å².